The molecule has 1 aliphatic rings. The number of carbonyl (C=O) groups excluding carboxylic acids is 2. The molecule has 7 heteroatoms. The summed E-state index contributed by atoms with van der Waals surface area (Å²) < 4.78 is 10.8. The molecule has 0 N–H and O–H groups in total. The Morgan fingerprint density at radius 1 is 1.35 bits per heavy atom. The molecule has 0 radical (unpaired) electrons. The summed E-state index contributed by atoms with van der Waals surface area (Å²) in [6, 6.07) is 8.38. The molecular weight excluding hydrogens is 338 g/mol. The number of esters is 2. The highest BCUT2D eigenvalue weighted by Crippen LogP contribution is 2.47. The highest BCUT2D eigenvalue weighted by molar-refractivity contribution is 5.91. The smallest absolute Gasteiger partial charge is 0.331 e. The summed E-state index contributed by atoms with van der Waals surface area (Å²) in [6.07, 6.45) is 2.94. The average Bonchev–Trinajstić information content (AvgIpc) is 2.94. The van der Waals surface area contributed by atoms with Crippen LogP contribution in [-0.4, -0.2) is 35.6 Å². The maximum absolute atomic E-state index is 13.1. The molecule has 0 aliphatic carbocycles. The Labute approximate surface area is 152 Å². The summed E-state index contributed by atoms with van der Waals surface area (Å²) in [5, 5.41) is 11.6. The van der Waals surface area contributed by atoms with Crippen LogP contribution < -0.4 is 0 Å². The van der Waals surface area contributed by atoms with E-state index in [9.17, 15) is 19.7 Å². The SMILES string of the molecule is CCOC(=O)[C@@](C[N+](=O)[O-])(c1ccccc1)[C@@]1(CC(C)C)C=CC(=O)O1. The van der Waals surface area contributed by atoms with Gasteiger partial charge in [0, 0.05) is 11.0 Å². The third kappa shape index (κ3) is 3.47. The second-order valence-electron chi connectivity index (χ2n) is 6.72. The van der Waals surface area contributed by atoms with Crippen molar-refractivity contribution in [1.29, 1.82) is 0 Å². The quantitative estimate of drug-likeness (QED) is 0.401. The van der Waals surface area contributed by atoms with Crippen molar-refractivity contribution in [1.82, 2.24) is 0 Å². The molecule has 0 fully saturated rings. The molecule has 1 aliphatic heterocycles. The lowest BCUT2D eigenvalue weighted by Gasteiger charge is -2.43. The topological polar surface area (TPSA) is 95.7 Å². The summed E-state index contributed by atoms with van der Waals surface area (Å²) in [5.74, 6) is -1.39. The third-order valence-corrected chi connectivity index (χ3v) is 4.46. The largest absolute Gasteiger partial charge is 0.465 e. The number of carbonyl (C=O) groups is 2. The van der Waals surface area contributed by atoms with Gasteiger partial charge in [-0.1, -0.05) is 44.2 Å². The fourth-order valence-electron chi connectivity index (χ4n) is 3.57. The summed E-state index contributed by atoms with van der Waals surface area (Å²) in [7, 11) is 0. The van der Waals surface area contributed by atoms with Crippen molar-refractivity contribution in [3.8, 4) is 0 Å². The summed E-state index contributed by atoms with van der Waals surface area (Å²) in [5.41, 5.74) is -2.88. The minimum absolute atomic E-state index is 0.00909. The van der Waals surface area contributed by atoms with Crippen LogP contribution >= 0.6 is 0 Å². The maximum atomic E-state index is 13.1. The van der Waals surface area contributed by atoms with Crippen LogP contribution in [0, 0.1) is 16.0 Å². The molecule has 1 aromatic carbocycles. The molecule has 0 unspecified atom stereocenters. The van der Waals surface area contributed by atoms with Gasteiger partial charge in [0.05, 0.1) is 6.61 Å². The second kappa shape index (κ2) is 7.68. The first kappa shape index (κ1) is 19.6. The molecule has 0 amide bonds. The molecule has 26 heavy (non-hydrogen) atoms. The van der Waals surface area contributed by atoms with E-state index in [1.54, 1.807) is 37.3 Å². The lowest BCUT2D eigenvalue weighted by atomic mass is 9.64. The van der Waals surface area contributed by atoms with Gasteiger partial charge in [-0.3, -0.25) is 14.9 Å². The number of nitro groups is 1. The van der Waals surface area contributed by atoms with E-state index in [-0.39, 0.29) is 18.9 Å². The van der Waals surface area contributed by atoms with Crippen molar-refractivity contribution >= 4 is 11.9 Å². The van der Waals surface area contributed by atoms with Gasteiger partial charge in [-0.25, -0.2) is 4.79 Å². The maximum Gasteiger partial charge on any atom is 0.331 e. The number of nitrogens with zero attached hydrogens (tertiary/aromatic N) is 1. The van der Waals surface area contributed by atoms with Crippen molar-refractivity contribution in [2.45, 2.75) is 38.2 Å². The van der Waals surface area contributed by atoms with Crippen LogP contribution in [0.15, 0.2) is 42.5 Å². The van der Waals surface area contributed by atoms with E-state index in [4.69, 9.17) is 9.47 Å². The Morgan fingerprint density at radius 3 is 2.46 bits per heavy atom. The van der Waals surface area contributed by atoms with Gasteiger partial charge in [0.1, 0.15) is 0 Å². The van der Waals surface area contributed by atoms with Gasteiger partial charge >= 0.3 is 11.9 Å². The van der Waals surface area contributed by atoms with E-state index in [1.807, 2.05) is 13.8 Å². The van der Waals surface area contributed by atoms with Gasteiger partial charge in [-0.2, -0.15) is 0 Å². The Kier molecular flexibility index (Phi) is 5.79. The van der Waals surface area contributed by atoms with E-state index >= 15 is 0 Å². The fourth-order valence-corrected chi connectivity index (χ4v) is 3.57. The number of rotatable bonds is 8. The van der Waals surface area contributed by atoms with Gasteiger partial charge in [0.25, 0.3) is 0 Å². The molecule has 0 bridgehead atoms. The first-order valence-corrected chi connectivity index (χ1v) is 8.54. The Balaban J connectivity index is 2.78. The molecule has 1 aromatic rings. The zero-order valence-corrected chi connectivity index (χ0v) is 15.1. The second-order valence-corrected chi connectivity index (χ2v) is 6.72. The van der Waals surface area contributed by atoms with Crippen LogP contribution in [0.1, 0.15) is 32.8 Å². The first-order chi connectivity index (χ1) is 12.3. The fraction of sp³-hybridized carbons (Fsp3) is 0.474. The van der Waals surface area contributed by atoms with Gasteiger partial charge in [-0.15, -0.1) is 0 Å². The van der Waals surface area contributed by atoms with Crippen LogP contribution in [0.25, 0.3) is 0 Å². The Morgan fingerprint density at radius 2 is 2.00 bits per heavy atom. The zero-order chi connectivity index (χ0) is 19.4. The summed E-state index contributed by atoms with van der Waals surface area (Å²) >= 11 is 0. The standard InChI is InChI=1S/C19H23NO6/c1-4-25-17(22)19(13-20(23)24,15-8-6-5-7-9-15)18(12-14(2)3)11-10-16(21)26-18/h5-11,14H,4,12-13H2,1-3H3/t18-,19+/m0/s1. The molecule has 2 rings (SSSR count). The predicted molar refractivity (Wildman–Crippen MR) is 94.0 cm³/mol. The average molecular weight is 361 g/mol. The number of benzene rings is 1. The molecule has 1 heterocycles. The van der Waals surface area contributed by atoms with Crippen molar-refractivity contribution in [2.75, 3.05) is 13.2 Å². The van der Waals surface area contributed by atoms with E-state index in [0.29, 0.717) is 5.56 Å². The molecule has 0 spiro atoms. The molecule has 0 aromatic heterocycles. The molecule has 140 valence electrons. The number of cyclic esters (lactones) is 1. The molecule has 0 saturated heterocycles. The van der Waals surface area contributed by atoms with Gasteiger partial charge in [-0.05, 0) is 30.9 Å². The minimum atomic E-state index is -1.78. The van der Waals surface area contributed by atoms with Gasteiger partial charge in [0.15, 0.2) is 11.0 Å². The van der Waals surface area contributed by atoms with E-state index in [0.717, 1.165) is 0 Å². The van der Waals surface area contributed by atoms with Crippen LogP contribution in [-0.2, 0) is 24.5 Å². The molecule has 0 saturated carbocycles. The highest BCUT2D eigenvalue weighted by atomic mass is 16.6. The van der Waals surface area contributed by atoms with Crippen molar-refractivity contribution in [3.05, 3.63) is 58.2 Å². The van der Waals surface area contributed by atoms with E-state index in [2.05, 4.69) is 0 Å². The highest BCUT2D eigenvalue weighted by Gasteiger charge is 2.65. The number of hydrogen-bond acceptors (Lipinski definition) is 6. The third-order valence-electron chi connectivity index (χ3n) is 4.46. The van der Waals surface area contributed by atoms with Crippen LogP contribution in [0.3, 0.4) is 0 Å². The first-order valence-electron chi connectivity index (χ1n) is 8.54. The van der Waals surface area contributed by atoms with Crippen molar-refractivity contribution in [2.24, 2.45) is 5.92 Å². The number of ether oxygens (including phenoxy) is 2. The minimum Gasteiger partial charge on any atom is -0.465 e. The molecular formula is C19H23NO6. The predicted octanol–water partition coefficient (Wildman–Crippen LogP) is 2.66. The molecule has 2 atom stereocenters. The zero-order valence-electron chi connectivity index (χ0n) is 15.1. The Hall–Kier alpha value is -2.70. The Bertz CT molecular complexity index is 714. The lowest BCUT2D eigenvalue weighted by Crippen LogP contribution is -2.61. The molecule has 7 nitrogen and oxygen atoms in total. The van der Waals surface area contributed by atoms with E-state index < -0.39 is 34.4 Å². The summed E-state index contributed by atoms with van der Waals surface area (Å²) in [6.45, 7) is 4.73. The van der Waals surface area contributed by atoms with Gasteiger partial charge < -0.3 is 9.47 Å². The van der Waals surface area contributed by atoms with Gasteiger partial charge in [0.2, 0.25) is 6.54 Å². The van der Waals surface area contributed by atoms with Crippen molar-refractivity contribution in [3.63, 3.8) is 0 Å². The van der Waals surface area contributed by atoms with E-state index in [1.165, 1.54) is 12.2 Å². The van der Waals surface area contributed by atoms with Crippen LogP contribution in [0.5, 0.6) is 0 Å². The number of hydrogen-bond donors (Lipinski definition) is 0. The van der Waals surface area contributed by atoms with Crippen molar-refractivity contribution < 1.29 is 24.0 Å². The summed E-state index contributed by atoms with van der Waals surface area (Å²) in [4.78, 5) is 36.1. The van der Waals surface area contributed by atoms with Crippen LogP contribution in [0.4, 0.5) is 0 Å². The normalized spacial score (nSPS) is 21.3. The lowest BCUT2D eigenvalue weighted by molar-refractivity contribution is -0.492. The monoisotopic (exact) mass is 361 g/mol. The van der Waals surface area contributed by atoms with Crippen LogP contribution in [0.2, 0.25) is 0 Å².